The fraction of sp³-hybridized carbons (Fsp3) is 0.200. The number of anilines is 3. The summed E-state index contributed by atoms with van der Waals surface area (Å²) in [7, 11) is 1.70. The van der Waals surface area contributed by atoms with Crippen molar-refractivity contribution < 1.29 is 9.37 Å². The zero-order valence-corrected chi connectivity index (χ0v) is 11.7. The molecule has 1 heterocycles. The maximum atomic E-state index is 5.85. The first-order valence-corrected chi connectivity index (χ1v) is 6.64. The lowest BCUT2D eigenvalue weighted by atomic mass is 10.1. The molecular formula is C15H16N4O2. The van der Waals surface area contributed by atoms with Crippen LogP contribution >= 0.6 is 0 Å². The molecule has 6 heteroatoms. The lowest BCUT2D eigenvalue weighted by molar-refractivity contribution is 0.202. The van der Waals surface area contributed by atoms with Crippen molar-refractivity contribution in [2.75, 3.05) is 24.8 Å². The van der Waals surface area contributed by atoms with Crippen molar-refractivity contribution in [2.45, 2.75) is 6.42 Å². The van der Waals surface area contributed by atoms with E-state index in [9.17, 15) is 0 Å². The van der Waals surface area contributed by atoms with Gasteiger partial charge >= 0.3 is 0 Å². The molecule has 0 aliphatic heterocycles. The van der Waals surface area contributed by atoms with E-state index in [1.54, 1.807) is 13.2 Å². The summed E-state index contributed by atoms with van der Waals surface area (Å²) < 4.78 is 9.92. The third kappa shape index (κ3) is 2.66. The summed E-state index contributed by atoms with van der Waals surface area (Å²) in [6.45, 7) is 0.668. The van der Waals surface area contributed by atoms with Gasteiger partial charge in [-0.15, -0.1) is 0 Å². The molecule has 0 saturated heterocycles. The Morgan fingerprint density at radius 2 is 1.90 bits per heavy atom. The van der Waals surface area contributed by atoms with Crippen molar-refractivity contribution >= 4 is 28.1 Å². The SMILES string of the molecule is COCCc1ccccc1Nc1ccc(N)c2nonc12. The largest absolute Gasteiger partial charge is 0.397 e. The van der Waals surface area contributed by atoms with Crippen molar-refractivity contribution in [3.8, 4) is 0 Å². The van der Waals surface area contributed by atoms with E-state index in [1.165, 1.54) is 5.56 Å². The van der Waals surface area contributed by atoms with Crippen LogP contribution < -0.4 is 11.1 Å². The average Bonchev–Trinajstić information content (AvgIpc) is 3.00. The van der Waals surface area contributed by atoms with Crippen LogP contribution in [-0.2, 0) is 11.2 Å². The van der Waals surface area contributed by atoms with Crippen LogP contribution in [0.4, 0.5) is 17.1 Å². The van der Waals surface area contributed by atoms with Crippen LogP contribution in [0.1, 0.15) is 5.56 Å². The molecule has 0 radical (unpaired) electrons. The summed E-state index contributed by atoms with van der Waals surface area (Å²) in [6, 6.07) is 11.7. The molecule has 0 amide bonds. The van der Waals surface area contributed by atoms with Gasteiger partial charge in [0.05, 0.1) is 18.0 Å². The number of hydrogen-bond donors (Lipinski definition) is 2. The Labute approximate surface area is 121 Å². The van der Waals surface area contributed by atoms with Gasteiger partial charge in [-0.3, -0.25) is 0 Å². The zero-order valence-electron chi connectivity index (χ0n) is 11.7. The topological polar surface area (TPSA) is 86.2 Å². The van der Waals surface area contributed by atoms with E-state index in [0.29, 0.717) is 23.3 Å². The number of hydrogen-bond acceptors (Lipinski definition) is 6. The van der Waals surface area contributed by atoms with E-state index in [4.69, 9.17) is 15.1 Å². The van der Waals surface area contributed by atoms with Crippen LogP contribution in [-0.4, -0.2) is 24.0 Å². The number of fused-ring (bicyclic) bond motifs is 1. The normalized spacial score (nSPS) is 10.9. The first kappa shape index (κ1) is 13.4. The van der Waals surface area contributed by atoms with E-state index >= 15 is 0 Å². The second-order valence-electron chi connectivity index (χ2n) is 4.69. The van der Waals surface area contributed by atoms with Gasteiger partial charge in [0.2, 0.25) is 0 Å². The number of benzene rings is 2. The molecule has 1 aromatic heterocycles. The number of aromatic nitrogens is 2. The molecule has 0 fully saturated rings. The van der Waals surface area contributed by atoms with E-state index in [-0.39, 0.29) is 0 Å². The lowest BCUT2D eigenvalue weighted by Gasteiger charge is -2.12. The minimum atomic E-state index is 0.546. The summed E-state index contributed by atoms with van der Waals surface area (Å²) in [5, 5.41) is 11.1. The third-order valence-corrected chi connectivity index (χ3v) is 3.31. The van der Waals surface area contributed by atoms with Crippen molar-refractivity contribution in [1.82, 2.24) is 10.3 Å². The molecule has 0 aliphatic carbocycles. The van der Waals surface area contributed by atoms with Gasteiger partial charge in [0, 0.05) is 12.8 Å². The molecule has 6 nitrogen and oxygen atoms in total. The van der Waals surface area contributed by atoms with E-state index in [2.05, 4.69) is 21.7 Å². The number of nitrogen functional groups attached to an aromatic ring is 1. The number of nitrogens with two attached hydrogens (primary N) is 1. The first-order valence-electron chi connectivity index (χ1n) is 6.64. The van der Waals surface area contributed by atoms with Gasteiger partial charge in [-0.25, -0.2) is 4.63 Å². The number of rotatable bonds is 5. The molecule has 0 unspecified atom stereocenters. The Bertz CT molecular complexity index is 754. The summed E-state index contributed by atoms with van der Waals surface area (Å²) in [5.74, 6) is 0. The van der Waals surface area contributed by atoms with Gasteiger partial charge in [-0.1, -0.05) is 18.2 Å². The number of nitrogens with zero attached hydrogens (tertiary/aromatic N) is 2. The monoisotopic (exact) mass is 284 g/mol. The second kappa shape index (κ2) is 5.80. The zero-order chi connectivity index (χ0) is 14.7. The molecular weight excluding hydrogens is 268 g/mol. The number of ether oxygens (including phenoxy) is 1. The molecule has 0 saturated carbocycles. The molecule has 3 aromatic rings. The van der Waals surface area contributed by atoms with Gasteiger partial charge in [0.25, 0.3) is 0 Å². The molecule has 3 rings (SSSR count). The number of para-hydroxylation sites is 1. The molecule has 108 valence electrons. The van der Waals surface area contributed by atoms with Crippen molar-refractivity contribution in [3.05, 3.63) is 42.0 Å². The standard InChI is InChI=1S/C15H16N4O2/c1-20-9-8-10-4-2-3-5-12(10)17-13-7-6-11(16)14-15(13)19-21-18-14/h2-7,17H,8-9,16H2,1H3. The van der Waals surface area contributed by atoms with Gasteiger partial charge in [0.15, 0.2) is 11.0 Å². The number of nitrogens with one attached hydrogen (secondary N) is 1. The van der Waals surface area contributed by atoms with Crippen molar-refractivity contribution in [3.63, 3.8) is 0 Å². The first-order chi connectivity index (χ1) is 10.3. The highest BCUT2D eigenvalue weighted by molar-refractivity contribution is 5.96. The summed E-state index contributed by atoms with van der Waals surface area (Å²) in [6.07, 6.45) is 0.828. The van der Waals surface area contributed by atoms with Crippen LogP contribution in [0.5, 0.6) is 0 Å². The fourth-order valence-electron chi connectivity index (χ4n) is 2.20. The van der Waals surface area contributed by atoms with Crippen LogP contribution in [0.2, 0.25) is 0 Å². The van der Waals surface area contributed by atoms with Gasteiger partial charge in [0.1, 0.15) is 0 Å². The third-order valence-electron chi connectivity index (χ3n) is 3.31. The Balaban J connectivity index is 1.95. The highest BCUT2D eigenvalue weighted by Gasteiger charge is 2.11. The summed E-state index contributed by atoms with van der Waals surface area (Å²) >= 11 is 0. The molecule has 2 aromatic carbocycles. The van der Waals surface area contributed by atoms with Gasteiger partial charge in [-0.2, -0.15) is 0 Å². The smallest absolute Gasteiger partial charge is 0.160 e. The highest BCUT2D eigenvalue weighted by Crippen LogP contribution is 2.29. The minimum Gasteiger partial charge on any atom is -0.397 e. The van der Waals surface area contributed by atoms with Gasteiger partial charge < -0.3 is 15.8 Å². The number of methoxy groups -OCH3 is 1. The quantitative estimate of drug-likeness (QED) is 0.701. The molecule has 0 aliphatic rings. The van der Waals surface area contributed by atoms with E-state index in [1.807, 2.05) is 24.3 Å². The predicted octanol–water partition coefficient (Wildman–Crippen LogP) is 2.74. The predicted molar refractivity (Wildman–Crippen MR) is 81.5 cm³/mol. The van der Waals surface area contributed by atoms with Crippen LogP contribution in [0, 0.1) is 0 Å². The Hall–Kier alpha value is -2.60. The summed E-state index contributed by atoms with van der Waals surface area (Å²) in [4.78, 5) is 0. The summed E-state index contributed by atoms with van der Waals surface area (Å²) in [5.41, 5.74) is 10.6. The molecule has 0 bridgehead atoms. The second-order valence-corrected chi connectivity index (χ2v) is 4.69. The average molecular weight is 284 g/mol. The van der Waals surface area contributed by atoms with Crippen molar-refractivity contribution in [2.24, 2.45) is 0 Å². The highest BCUT2D eigenvalue weighted by atomic mass is 16.6. The van der Waals surface area contributed by atoms with Gasteiger partial charge in [-0.05, 0) is 40.5 Å². The molecule has 0 spiro atoms. The molecule has 0 atom stereocenters. The van der Waals surface area contributed by atoms with Crippen LogP contribution in [0.3, 0.4) is 0 Å². The Morgan fingerprint density at radius 3 is 2.76 bits per heavy atom. The van der Waals surface area contributed by atoms with E-state index < -0.39 is 0 Å². The van der Waals surface area contributed by atoms with E-state index in [0.717, 1.165) is 17.8 Å². The van der Waals surface area contributed by atoms with Crippen LogP contribution in [0.25, 0.3) is 11.0 Å². The maximum absolute atomic E-state index is 5.85. The Kier molecular flexibility index (Phi) is 3.70. The fourth-order valence-corrected chi connectivity index (χ4v) is 2.20. The maximum Gasteiger partial charge on any atom is 0.160 e. The van der Waals surface area contributed by atoms with Crippen LogP contribution in [0.15, 0.2) is 41.0 Å². The molecule has 3 N–H and O–H groups in total. The molecule has 21 heavy (non-hydrogen) atoms. The van der Waals surface area contributed by atoms with Crippen molar-refractivity contribution in [1.29, 1.82) is 0 Å². The Morgan fingerprint density at radius 1 is 1.10 bits per heavy atom. The minimum absolute atomic E-state index is 0.546. The lowest BCUT2D eigenvalue weighted by Crippen LogP contribution is -2.01.